The highest BCUT2D eigenvalue weighted by Gasteiger charge is 2.10. The van der Waals surface area contributed by atoms with Crippen molar-refractivity contribution in [3.63, 3.8) is 0 Å². The largest absolute Gasteiger partial charge is 0.392 e. The SMILES string of the molecule is C=C.C=C/C(=C\[C@@H](/C=C/CC)C(C)C=C)C(C)=O.CC.CC.CC.CC(F)c1ccc(CO)cc1.CCC(C)C(C)C=O.CF. The molecule has 0 aliphatic rings. The minimum atomic E-state index is -0.928. The molecule has 0 radical (unpaired) electrons. The highest BCUT2D eigenvalue weighted by Crippen LogP contribution is 2.19. The van der Waals surface area contributed by atoms with Crippen LogP contribution in [0.25, 0.3) is 0 Å². The Kier molecular flexibility index (Phi) is 61.5. The minimum absolute atomic E-state index is 0.0148. The topological polar surface area (TPSA) is 54.4 Å². The number of aliphatic hydroxyl groups is 1. The summed E-state index contributed by atoms with van der Waals surface area (Å²) in [6.45, 7) is 38.9. The lowest BCUT2D eigenvalue weighted by Gasteiger charge is -2.14. The zero-order chi connectivity index (χ0) is 37.4. The fourth-order valence-electron chi connectivity index (χ4n) is 2.76. The number of hydrogen-bond donors (Lipinski definition) is 1. The van der Waals surface area contributed by atoms with Crippen LogP contribution in [0.3, 0.4) is 0 Å². The van der Waals surface area contributed by atoms with E-state index < -0.39 is 6.17 Å². The second kappa shape index (κ2) is 48.0. The van der Waals surface area contributed by atoms with Crippen molar-refractivity contribution in [3.05, 3.63) is 97.7 Å². The smallest absolute Gasteiger partial charge is 0.159 e. The molecule has 1 rings (SSSR count). The number of aldehydes is 1. The predicted octanol–water partition coefficient (Wildman–Crippen LogP) is 12.6. The molecule has 45 heavy (non-hydrogen) atoms. The van der Waals surface area contributed by atoms with Gasteiger partial charge in [-0.3, -0.25) is 9.18 Å². The van der Waals surface area contributed by atoms with Crippen LogP contribution in [0.4, 0.5) is 8.78 Å². The molecule has 0 bridgehead atoms. The fourth-order valence-corrected chi connectivity index (χ4v) is 2.76. The Bertz CT molecular complexity index is 811. The fraction of sp³-hybridized carbons (Fsp3) is 0.550. The van der Waals surface area contributed by atoms with Gasteiger partial charge in [-0.2, -0.15) is 0 Å². The van der Waals surface area contributed by atoms with Gasteiger partial charge < -0.3 is 9.90 Å². The maximum absolute atomic E-state index is 12.6. The summed E-state index contributed by atoms with van der Waals surface area (Å²) in [4.78, 5) is 21.4. The third kappa shape index (κ3) is 37.2. The summed E-state index contributed by atoms with van der Waals surface area (Å²) in [5.74, 6) is 1.38. The van der Waals surface area contributed by atoms with Crippen LogP contribution in [0.5, 0.6) is 0 Å². The summed E-state index contributed by atoms with van der Waals surface area (Å²) >= 11 is 0. The van der Waals surface area contributed by atoms with E-state index in [1.54, 1.807) is 37.3 Å². The van der Waals surface area contributed by atoms with Crippen LogP contribution < -0.4 is 0 Å². The molecule has 0 amide bonds. The zero-order valence-corrected chi connectivity index (χ0v) is 31.6. The van der Waals surface area contributed by atoms with E-state index >= 15 is 0 Å². The van der Waals surface area contributed by atoms with Gasteiger partial charge in [0.05, 0.1) is 13.8 Å². The van der Waals surface area contributed by atoms with E-state index in [4.69, 9.17) is 5.11 Å². The third-order valence-corrected chi connectivity index (χ3v) is 5.95. The number of carbonyl (C=O) groups excluding carboxylic acids is 2. The Labute approximate surface area is 279 Å². The quantitative estimate of drug-likeness (QED) is 0.107. The van der Waals surface area contributed by atoms with Gasteiger partial charge in [0.1, 0.15) is 12.5 Å². The van der Waals surface area contributed by atoms with Crippen LogP contribution in [-0.2, 0) is 16.2 Å². The van der Waals surface area contributed by atoms with Crippen LogP contribution in [0, 0.1) is 23.7 Å². The molecule has 5 heteroatoms. The van der Waals surface area contributed by atoms with Crippen molar-refractivity contribution in [1.29, 1.82) is 0 Å². The monoisotopic (exact) mass is 639 g/mol. The van der Waals surface area contributed by atoms with Crippen molar-refractivity contribution in [3.8, 4) is 0 Å². The summed E-state index contributed by atoms with van der Waals surface area (Å²) in [5, 5.41) is 8.67. The van der Waals surface area contributed by atoms with Gasteiger partial charge >= 0.3 is 0 Å². The molecule has 4 unspecified atom stereocenters. The van der Waals surface area contributed by atoms with Gasteiger partial charge in [0.2, 0.25) is 0 Å². The van der Waals surface area contributed by atoms with E-state index in [-0.39, 0.29) is 24.2 Å². The molecule has 0 aliphatic heterocycles. The van der Waals surface area contributed by atoms with E-state index in [2.05, 4.69) is 66.2 Å². The van der Waals surface area contributed by atoms with Crippen molar-refractivity contribution in [2.24, 2.45) is 23.7 Å². The Balaban J connectivity index is -0.0000000871. The van der Waals surface area contributed by atoms with Gasteiger partial charge in [0.25, 0.3) is 0 Å². The Morgan fingerprint density at radius 2 is 1.33 bits per heavy atom. The molecular formula is C40H72F2O3. The lowest BCUT2D eigenvalue weighted by molar-refractivity contribution is -0.113. The normalized spacial score (nSPS) is 12.5. The molecule has 0 saturated carbocycles. The van der Waals surface area contributed by atoms with E-state index in [1.807, 2.05) is 60.6 Å². The lowest BCUT2D eigenvalue weighted by Crippen LogP contribution is -2.06. The average molecular weight is 639 g/mol. The zero-order valence-electron chi connectivity index (χ0n) is 31.6. The predicted molar refractivity (Wildman–Crippen MR) is 200 cm³/mol. The molecule has 3 nitrogen and oxygen atoms in total. The molecule has 0 spiro atoms. The standard InChI is InChI=1S/C15H22O.C9H11FO.C7H14O.3C2H6.C2H4.CH3F/c1-6-9-10-15(12(4)7-2)11-14(8-3)13(5)16;1-7(10)9-4-2-8(6-11)3-5-9;1-4-6(2)7(3)5-8;5*1-2/h7-12,15H,2-3,6H2,1,4-5H3;2-5,7,11H,6H2,1H3;5-7H,4H2,1-3H3;3*1-2H3;1-2H2;1H3/b10-9+,14-11+;;;;;;;/t12?,15-;;;;;;;/m1......./s1. The maximum Gasteiger partial charge on any atom is 0.159 e. The van der Waals surface area contributed by atoms with E-state index in [0.717, 1.165) is 24.7 Å². The van der Waals surface area contributed by atoms with Gasteiger partial charge in [0.15, 0.2) is 5.78 Å². The van der Waals surface area contributed by atoms with Crippen LogP contribution in [0.15, 0.2) is 86.5 Å². The number of benzene rings is 1. The Hall–Kier alpha value is -2.92. The molecule has 264 valence electrons. The molecular weight excluding hydrogens is 566 g/mol. The number of halogens is 2. The van der Waals surface area contributed by atoms with Crippen molar-refractivity contribution in [2.75, 3.05) is 7.18 Å². The first-order valence-corrected chi connectivity index (χ1v) is 16.3. The Morgan fingerprint density at radius 3 is 1.58 bits per heavy atom. The molecule has 0 heterocycles. The highest BCUT2D eigenvalue weighted by atomic mass is 19.1. The molecule has 0 aromatic heterocycles. The lowest BCUT2D eigenvalue weighted by atomic mass is 9.90. The second-order valence-corrected chi connectivity index (χ2v) is 8.79. The molecule has 1 aromatic rings. The number of rotatable bonds is 12. The first-order chi connectivity index (χ1) is 21.5. The van der Waals surface area contributed by atoms with Gasteiger partial charge in [-0.05, 0) is 43.2 Å². The van der Waals surface area contributed by atoms with Crippen molar-refractivity contribution >= 4 is 12.1 Å². The molecule has 5 atom stereocenters. The minimum Gasteiger partial charge on any atom is -0.392 e. The Morgan fingerprint density at radius 1 is 0.889 bits per heavy atom. The summed E-state index contributed by atoms with van der Waals surface area (Å²) in [6, 6.07) is 6.84. The number of alkyl halides is 2. The third-order valence-electron chi connectivity index (χ3n) is 5.95. The second-order valence-electron chi connectivity index (χ2n) is 8.79. The van der Waals surface area contributed by atoms with Crippen molar-refractivity contribution < 1.29 is 23.5 Å². The van der Waals surface area contributed by atoms with Crippen LogP contribution in [0.2, 0.25) is 0 Å². The molecule has 0 saturated heterocycles. The van der Waals surface area contributed by atoms with E-state index in [9.17, 15) is 18.4 Å². The number of Topliss-reactive ketones (excluding diaryl/α,β-unsaturated/α-hetero) is 1. The van der Waals surface area contributed by atoms with Crippen LogP contribution >= 0.6 is 0 Å². The van der Waals surface area contributed by atoms with Crippen LogP contribution in [0.1, 0.15) is 120 Å². The first kappa shape index (κ1) is 57.7. The van der Waals surface area contributed by atoms with Gasteiger partial charge in [0, 0.05) is 17.4 Å². The summed E-state index contributed by atoms with van der Waals surface area (Å²) < 4.78 is 22.1. The number of allylic oxidation sites excluding steroid dienone is 6. The summed E-state index contributed by atoms with van der Waals surface area (Å²) in [6.07, 6.45) is 11.9. The summed E-state index contributed by atoms with van der Waals surface area (Å²) in [7, 11) is 0.500. The number of hydrogen-bond acceptors (Lipinski definition) is 3. The summed E-state index contributed by atoms with van der Waals surface area (Å²) in [5.41, 5.74) is 2.15. The molecule has 1 aromatic carbocycles. The van der Waals surface area contributed by atoms with Crippen LogP contribution in [-0.4, -0.2) is 24.4 Å². The highest BCUT2D eigenvalue weighted by molar-refractivity contribution is 5.95. The van der Waals surface area contributed by atoms with Gasteiger partial charge in [-0.25, -0.2) is 4.39 Å². The molecule has 0 fully saturated rings. The molecule has 0 aliphatic carbocycles. The average Bonchev–Trinajstić information content (AvgIpc) is 3.12. The first-order valence-electron chi connectivity index (χ1n) is 16.3. The van der Waals surface area contributed by atoms with E-state index in [1.165, 1.54) is 6.92 Å². The van der Waals surface area contributed by atoms with Gasteiger partial charge in [-0.1, -0.05) is 144 Å². The number of ketones is 1. The van der Waals surface area contributed by atoms with Crippen molar-refractivity contribution in [2.45, 2.75) is 116 Å². The number of carbonyl (C=O) groups is 2. The number of aliphatic hydroxyl groups excluding tert-OH is 1. The van der Waals surface area contributed by atoms with E-state index in [0.29, 0.717) is 30.1 Å². The van der Waals surface area contributed by atoms with Gasteiger partial charge in [-0.15, -0.1) is 19.7 Å². The molecule has 1 N–H and O–H groups in total. The maximum atomic E-state index is 12.6. The van der Waals surface area contributed by atoms with Crippen molar-refractivity contribution in [1.82, 2.24) is 0 Å².